The zero-order valence-corrected chi connectivity index (χ0v) is 12.5. The Hall–Kier alpha value is -1.29. The Kier molecular flexibility index (Phi) is 5.60. The van der Waals surface area contributed by atoms with Crippen LogP contribution in [-0.4, -0.2) is 37.9 Å². The highest BCUT2D eigenvalue weighted by Crippen LogP contribution is 2.18. The molecule has 0 saturated carbocycles. The average Bonchev–Trinajstić information content (AvgIpc) is 2.75. The third kappa shape index (κ3) is 3.60. The predicted molar refractivity (Wildman–Crippen MR) is 76.1 cm³/mol. The molecule has 1 N–H and O–H groups in total. The second-order valence-electron chi connectivity index (χ2n) is 4.36. The van der Waals surface area contributed by atoms with Crippen LogP contribution in [0.2, 0.25) is 0 Å². The highest BCUT2D eigenvalue weighted by atomic mass is 32.2. The molecular formula is C13H21N3O2S. The summed E-state index contributed by atoms with van der Waals surface area (Å²) in [5, 5.41) is 3.04. The minimum Gasteiger partial charge on any atom is -0.349 e. The molecule has 0 spiro atoms. The van der Waals surface area contributed by atoms with Crippen LogP contribution in [-0.2, 0) is 23.1 Å². The fourth-order valence-electron chi connectivity index (χ4n) is 1.84. The lowest BCUT2D eigenvalue weighted by Crippen LogP contribution is -2.26. The van der Waals surface area contributed by atoms with Crippen molar-refractivity contribution >= 4 is 10.0 Å². The molecule has 1 aromatic rings. The second kappa shape index (κ2) is 6.75. The van der Waals surface area contributed by atoms with E-state index >= 15 is 0 Å². The van der Waals surface area contributed by atoms with Crippen molar-refractivity contribution < 1.29 is 8.42 Å². The third-order valence-electron chi connectivity index (χ3n) is 2.81. The van der Waals surface area contributed by atoms with Crippen molar-refractivity contribution in [2.75, 3.05) is 20.6 Å². The van der Waals surface area contributed by atoms with Crippen LogP contribution in [0.5, 0.6) is 0 Å². The molecule has 0 atom stereocenters. The van der Waals surface area contributed by atoms with Crippen molar-refractivity contribution in [3.63, 3.8) is 0 Å². The van der Waals surface area contributed by atoms with Gasteiger partial charge in [0.15, 0.2) is 0 Å². The molecule has 106 valence electrons. The number of hydrogen-bond donors (Lipinski definition) is 1. The number of sulfonamides is 1. The Morgan fingerprint density at radius 1 is 1.53 bits per heavy atom. The molecule has 0 bridgehead atoms. The summed E-state index contributed by atoms with van der Waals surface area (Å²) in [6.45, 7) is 3.56. The zero-order valence-electron chi connectivity index (χ0n) is 11.7. The van der Waals surface area contributed by atoms with E-state index in [-0.39, 0.29) is 6.54 Å². The summed E-state index contributed by atoms with van der Waals surface area (Å²) < 4.78 is 27.7. The molecule has 0 aromatic carbocycles. The van der Waals surface area contributed by atoms with Crippen LogP contribution < -0.4 is 5.32 Å². The van der Waals surface area contributed by atoms with Crippen LogP contribution in [0.1, 0.15) is 19.0 Å². The number of hydrogen-bond acceptors (Lipinski definition) is 3. The van der Waals surface area contributed by atoms with Crippen molar-refractivity contribution in [1.29, 1.82) is 0 Å². The topological polar surface area (TPSA) is 54.3 Å². The van der Waals surface area contributed by atoms with E-state index in [1.807, 2.05) is 11.6 Å². The summed E-state index contributed by atoms with van der Waals surface area (Å²) in [4.78, 5) is 0.295. The maximum absolute atomic E-state index is 12.3. The maximum atomic E-state index is 12.3. The molecule has 0 saturated heterocycles. The number of terminal acetylenes is 1. The third-order valence-corrected chi connectivity index (χ3v) is 4.57. The van der Waals surface area contributed by atoms with Crippen molar-refractivity contribution in [3.05, 3.63) is 18.0 Å². The van der Waals surface area contributed by atoms with Gasteiger partial charge in [-0.25, -0.2) is 8.42 Å². The lowest BCUT2D eigenvalue weighted by Gasteiger charge is -2.12. The minimum atomic E-state index is -3.50. The van der Waals surface area contributed by atoms with E-state index in [0.29, 0.717) is 11.4 Å². The highest BCUT2D eigenvalue weighted by Gasteiger charge is 2.22. The average molecular weight is 283 g/mol. The van der Waals surface area contributed by atoms with Crippen LogP contribution in [0.4, 0.5) is 0 Å². The summed E-state index contributed by atoms with van der Waals surface area (Å²) in [6.07, 6.45) is 7.79. The number of nitrogens with zero attached hydrogens (tertiary/aromatic N) is 2. The summed E-state index contributed by atoms with van der Waals surface area (Å²) in [7, 11) is -0.172. The van der Waals surface area contributed by atoms with Gasteiger partial charge in [0, 0.05) is 32.0 Å². The smallest absolute Gasteiger partial charge is 0.245 e. The van der Waals surface area contributed by atoms with Crippen LogP contribution in [0.15, 0.2) is 17.2 Å². The van der Waals surface area contributed by atoms with E-state index in [0.717, 1.165) is 18.7 Å². The van der Waals surface area contributed by atoms with Crippen molar-refractivity contribution in [2.24, 2.45) is 0 Å². The fraction of sp³-hybridized carbons (Fsp3) is 0.538. The predicted octanol–water partition coefficient (Wildman–Crippen LogP) is 0.871. The van der Waals surface area contributed by atoms with Gasteiger partial charge >= 0.3 is 0 Å². The Morgan fingerprint density at radius 3 is 2.74 bits per heavy atom. The zero-order chi connectivity index (χ0) is 14.5. The van der Waals surface area contributed by atoms with E-state index in [2.05, 4.69) is 18.2 Å². The first-order valence-electron chi connectivity index (χ1n) is 6.20. The van der Waals surface area contributed by atoms with Crippen molar-refractivity contribution in [3.8, 4) is 12.3 Å². The summed E-state index contributed by atoms with van der Waals surface area (Å²) in [6, 6.07) is 1.70. The molecule has 1 rings (SSSR count). The van der Waals surface area contributed by atoms with Gasteiger partial charge in [0.1, 0.15) is 4.90 Å². The van der Waals surface area contributed by atoms with Gasteiger partial charge in [0.2, 0.25) is 10.0 Å². The van der Waals surface area contributed by atoms with Gasteiger partial charge in [0.05, 0.1) is 6.54 Å². The van der Waals surface area contributed by atoms with Gasteiger partial charge in [-0.2, -0.15) is 4.31 Å². The summed E-state index contributed by atoms with van der Waals surface area (Å²) in [5.74, 6) is 2.34. The maximum Gasteiger partial charge on any atom is 0.245 e. The summed E-state index contributed by atoms with van der Waals surface area (Å²) >= 11 is 0. The Morgan fingerprint density at radius 2 is 2.21 bits per heavy atom. The molecule has 0 fully saturated rings. The molecule has 19 heavy (non-hydrogen) atoms. The highest BCUT2D eigenvalue weighted by molar-refractivity contribution is 7.89. The van der Waals surface area contributed by atoms with Gasteiger partial charge < -0.3 is 9.88 Å². The molecule has 6 heteroatoms. The number of nitrogens with one attached hydrogen (secondary N) is 1. The van der Waals surface area contributed by atoms with E-state index in [4.69, 9.17) is 6.42 Å². The Bertz CT molecular complexity index is 531. The SMILES string of the molecule is C#CCN(C)S(=O)(=O)c1cc(CNC)n(CCC)c1. The molecule has 0 aliphatic heterocycles. The Balaban J connectivity index is 3.14. The van der Waals surface area contributed by atoms with E-state index < -0.39 is 10.0 Å². The van der Waals surface area contributed by atoms with E-state index in [9.17, 15) is 8.42 Å². The van der Waals surface area contributed by atoms with Crippen molar-refractivity contribution in [1.82, 2.24) is 14.2 Å². The van der Waals surface area contributed by atoms with Gasteiger partial charge in [-0.3, -0.25) is 0 Å². The molecule has 1 heterocycles. The molecule has 0 aliphatic carbocycles. The van der Waals surface area contributed by atoms with Gasteiger partial charge in [-0.15, -0.1) is 6.42 Å². The molecule has 1 aromatic heterocycles. The Labute approximate surface area is 115 Å². The van der Waals surface area contributed by atoms with Gasteiger partial charge in [0.25, 0.3) is 0 Å². The minimum absolute atomic E-state index is 0.0721. The van der Waals surface area contributed by atoms with Gasteiger partial charge in [-0.05, 0) is 19.5 Å². The molecule has 0 radical (unpaired) electrons. The summed E-state index contributed by atoms with van der Waals surface area (Å²) in [5.41, 5.74) is 0.956. The van der Waals surface area contributed by atoms with Crippen LogP contribution in [0, 0.1) is 12.3 Å². The van der Waals surface area contributed by atoms with E-state index in [1.54, 1.807) is 12.3 Å². The molecular weight excluding hydrogens is 262 g/mol. The molecule has 0 amide bonds. The van der Waals surface area contributed by atoms with Crippen molar-refractivity contribution in [2.45, 2.75) is 31.3 Å². The first-order chi connectivity index (χ1) is 8.97. The van der Waals surface area contributed by atoms with E-state index in [1.165, 1.54) is 11.4 Å². The second-order valence-corrected chi connectivity index (χ2v) is 6.40. The number of aryl methyl sites for hydroxylation is 1. The monoisotopic (exact) mass is 283 g/mol. The largest absolute Gasteiger partial charge is 0.349 e. The lowest BCUT2D eigenvalue weighted by atomic mass is 10.4. The van der Waals surface area contributed by atoms with Crippen LogP contribution >= 0.6 is 0 Å². The van der Waals surface area contributed by atoms with Gasteiger partial charge in [-0.1, -0.05) is 12.8 Å². The number of aromatic nitrogens is 1. The van der Waals surface area contributed by atoms with Crippen LogP contribution in [0.3, 0.4) is 0 Å². The quantitative estimate of drug-likeness (QED) is 0.756. The number of rotatable bonds is 7. The molecule has 0 unspecified atom stereocenters. The molecule has 5 nitrogen and oxygen atoms in total. The standard InChI is InChI=1S/C13H21N3O2S/c1-5-7-15(4)19(17,18)13-9-12(10-14-3)16(11-13)8-6-2/h1,9,11,14H,6-8,10H2,2-4H3. The molecule has 0 aliphatic rings. The van der Waals surface area contributed by atoms with Crippen LogP contribution in [0.25, 0.3) is 0 Å². The first-order valence-corrected chi connectivity index (χ1v) is 7.64. The normalized spacial score (nSPS) is 11.7. The lowest BCUT2D eigenvalue weighted by molar-refractivity contribution is 0.502. The first kappa shape index (κ1) is 15.8. The fourth-order valence-corrected chi connectivity index (χ4v) is 2.99.